The van der Waals surface area contributed by atoms with Crippen molar-refractivity contribution in [2.75, 3.05) is 6.79 Å². The SMILES string of the molecule is CC(OC(=O)CCC(=O)c1ccc2c(c1)CCCC2)C(=O)NCc1ccc2c(c1)OCO2. The monoisotopic (exact) mass is 437 g/mol. The second kappa shape index (κ2) is 9.85. The largest absolute Gasteiger partial charge is 0.454 e. The molecular formula is C25H27NO6. The Balaban J connectivity index is 1.21. The molecule has 32 heavy (non-hydrogen) atoms. The number of nitrogens with one attached hydrogen (secondary N) is 1. The van der Waals surface area contributed by atoms with Crippen molar-refractivity contribution in [3.8, 4) is 11.5 Å². The Morgan fingerprint density at radius 2 is 1.75 bits per heavy atom. The normalized spacial score (nSPS) is 14.9. The van der Waals surface area contributed by atoms with Gasteiger partial charge in [-0.05, 0) is 67.5 Å². The van der Waals surface area contributed by atoms with Gasteiger partial charge in [0.2, 0.25) is 6.79 Å². The number of carbonyl (C=O) groups excluding carboxylic acids is 3. The van der Waals surface area contributed by atoms with Crippen LogP contribution in [0.2, 0.25) is 0 Å². The number of esters is 1. The van der Waals surface area contributed by atoms with Crippen LogP contribution in [0.25, 0.3) is 0 Å². The first-order valence-electron chi connectivity index (χ1n) is 11.0. The number of hydrogen-bond donors (Lipinski definition) is 1. The summed E-state index contributed by atoms with van der Waals surface area (Å²) in [5, 5.41) is 2.74. The fraction of sp³-hybridized carbons (Fsp3) is 0.400. The Kier molecular flexibility index (Phi) is 6.73. The van der Waals surface area contributed by atoms with Crippen molar-refractivity contribution in [3.05, 3.63) is 58.7 Å². The van der Waals surface area contributed by atoms with Gasteiger partial charge in [-0.1, -0.05) is 18.2 Å². The Labute approximate surface area is 187 Å². The van der Waals surface area contributed by atoms with E-state index in [0.29, 0.717) is 17.1 Å². The van der Waals surface area contributed by atoms with Crippen LogP contribution < -0.4 is 14.8 Å². The first-order chi connectivity index (χ1) is 15.5. The summed E-state index contributed by atoms with van der Waals surface area (Å²) in [6, 6.07) is 11.2. The molecule has 1 heterocycles. The highest BCUT2D eigenvalue weighted by Crippen LogP contribution is 2.32. The van der Waals surface area contributed by atoms with Crippen LogP contribution in [-0.4, -0.2) is 30.6 Å². The minimum atomic E-state index is -0.949. The topological polar surface area (TPSA) is 90.9 Å². The zero-order valence-corrected chi connectivity index (χ0v) is 18.1. The van der Waals surface area contributed by atoms with Gasteiger partial charge in [-0.3, -0.25) is 14.4 Å². The van der Waals surface area contributed by atoms with Gasteiger partial charge in [0.05, 0.1) is 6.42 Å². The third kappa shape index (κ3) is 5.28. The number of carbonyl (C=O) groups is 3. The van der Waals surface area contributed by atoms with Crippen molar-refractivity contribution < 1.29 is 28.6 Å². The molecule has 0 aromatic heterocycles. The summed E-state index contributed by atoms with van der Waals surface area (Å²) in [7, 11) is 0. The summed E-state index contributed by atoms with van der Waals surface area (Å²) >= 11 is 0. The summed E-state index contributed by atoms with van der Waals surface area (Å²) in [5.74, 6) is 0.251. The second-order valence-electron chi connectivity index (χ2n) is 8.15. The first kappa shape index (κ1) is 21.9. The third-order valence-electron chi connectivity index (χ3n) is 5.81. The number of ether oxygens (including phenoxy) is 3. The maximum Gasteiger partial charge on any atom is 0.307 e. The van der Waals surface area contributed by atoms with Crippen molar-refractivity contribution in [1.29, 1.82) is 0 Å². The van der Waals surface area contributed by atoms with Gasteiger partial charge < -0.3 is 19.5 Å². The summed E-state index contributed by atoms with van der Waals surface area (Å²) in [4.78, 5) is 36.9. The van der Waals surface area contributed by atoms with Crippen LogP contribution in [0.3, 0.4) is 0 Å². The predicted molar refractivity (Wildman–Crippen MR) is 117 cm³/mol. The molecule has 1 unspecified atom stereocenters. The molecule has 1 amide bonds. The van der Waals surface area contributed by atoms with Crippen LogP contribution in [0.1, 0.15) is 59.7 Å². The number of amides is 1. The molecule has 168 valence electrons. The molecule has 7 nitrogen and oxygen atoms in total. The van der Waals surface area contributed by atoms with Crippen LogP contribution in [0.4, 0.5) is 0 Å². The van der Waals surface area contributed by atoms with Crippen LogP contribution in [0, 0.1) is 0 Å². The second-order valence-corrected chi connectivity index (χ2v) is 8.15. The van der Waals surface area contributed by atoms with Gasteiger partial charge >= 0.3 is 5.97 Å². The molecular weight excluding hydrogens is 410 g/mol. The van der Waals surface area contributed by atoms with Crippen molar-refractivity contribution in [2.45, 2.75) is 58.1 Å². The Bertz CT molecular complexity index is 1030. The zero-order chi connectivity index (χ0) is 22.5. The third-order valence-corrected chi connectivity index (χ3v) is 5.81. The molecule has 0 fully saturated rings. The summed E-state index contributed by atoms with van der Waals surface area (Å²) in [6.45, 7) is 1.97. The van der Waals surface area contributed by atoms with Gasteiger partial charge in [-0.2, -0.15) is 0 Å². The maximum atomic E-state index is 12.5. The number of ketones is 1. The van der Waals surface area contributed by atoms with Gasteiger partial charge in [0, 0.05) is 18.5 Å². The number of aryl methyl sites for hydroxylation is 2. The average molecular weight is 437 g/mol. The molecule has 2 aliphatic rings. The number of Topliss-reactive ketones (excluding diaryl/α,β-unsaturated/α-hetero) is 1. The van der Waals surface area contributed by atoms with Gasteiger partial charge in [0.1, 0.15) is 0 Å². The van der Waals surface area contributed by atoms with Crippen LogP contribution in [0.5, 0.6) is 11.5 Å². The quantitative estimate of drug-likeness (QED) is 0.502. The standard InChI is InChI=1S/C25H27NO6/c1-16(25(29)26-14-17-6-10-22-23(12-17)31-15-30-22)32-24(28)11-9-21(27)20-8-7-18-4-2-3-5-19(18)13-20/h6-8,10,12-13,16H,2-5,9,11,14-15H2,1H3,(H,26,29). The lowest BCUT2D eigenvalue weighted by Gasteiger charge is -2.16. The zero-order valence-electron chi connectivity index (χ0n) is 18.1. The van der Waals surface area contributed by atoms with Crippen molar-refractivity contribution in [3.63, 3.8) is 0 Å². The lowest BCUT2D eigenvalue weighted by atomic mass is 9.89. The fourth-order valence-electron chi connectivity index (χ4n) is 3.96. The van der Waals surface area contributed by atoms with Crippen LogP contribution in [-0.2, 0) is 33.7 Å². The van der Waals surface area contributed by atoms with Crippen LogP contribution >= 0.6 is 0 Å². The maximum absolute atomic E-state index is 12.5. The van der Waals surface area contributed by atoms with E-state index in [1.807, 2.05) is 24.3 Å². The molecule has 2 aromatic rings. The highest BCUT2D eigenvalue weighted by molar-refractivity contribution is 5.98. The Morgan fingerprint density at radius 1 is 0.969 bits per heavy atom. The van der Waals surface area contributed by atoms with E-state index in [1.165, 1.54) is 24.5 Å². The molecule has 2 aromatic carbocycles. The van der Waals surface area contributed by atoms with Crippen LogP contribution in [0.15, 0.2) is 36.4 Å². The number of hydrogen-bond acceptors (Lipinski definition) is 6. The van der Waals surface area contributed by atoms with Gasteiger partial charge in [-0.15, -0.1) is 0 Å². The molecule has 1 N–H and O–H groups in total. The predicted octanol–water partition coefficient (Wildman–Crippen LogP) is 3.51. The van der Waals surface area contributed by atoms with E-state index in [0.717, 1.165) is 24.8 Å². The van der Waals surface area contributed by atoms with E-state index in [-0.39, 0.29) is 32.0 Å². The molecule has 1 aliphatic heterocycles. The van der Waals surface area contributed by atoms with Crippen molar-refractivity contribution >= 4 is 17.7 Å². The molecule has 0 bridgehead atoms. The van der Waals surface area contributed by atoms with Gasteiger partial charge in [-0.25, -0.2) is 0 Å². The van der Waals surface area contributed by atoms with E-state index in [9.17, 15) is 14.4 Å². The molecule has 0 saturated carbocycles. The summed E-state index contributed by atoms with van der Waals surface area (Å²) in [5.41, 5.74) is 4.02. The molecule has 1 atom stereocenters. The fourth-order valence-corrected chi connectivity index (χ4v) is 3.96. The highest BCUT2D eigenvalue weighted by atomic mass is 16.7. The Hall–Kier alpha value is -3.35. The molecule has 1 aliphatic carbocycles. The van der Waals surface area contributed by atoms with E-state index in [2.05, 4.69) is 5.32 Å². The minimum Gasteiger partial charge on any atom is -0.454 e. The number of rotatable bonds is 8. The van der Waals surface area contributed by atoms with E-state index < -0.39 is 18.0 Å². The van der Waals surface area contributed by atoms with Gasteiger partial charge in [0.15, 0.2) is 23.4 Å². The molecule has 0 saturated heterocycles. The summed E-state index contributed by atoms with van der Waals surface area (Å²) in [6.07, 6.45) is 3.44. The molecule has 0 spiro atoms. The van der Waals surface area contributed by atoms with Crippen molar-refractivity contribution in [2.24, 2.45) is 0 Å². The molecule has 4 rings (SSSR count). The number of benzene rings is 2. The van der Waals surface area contributed by atoms with Gasteiger partial charge in [0.25, 0.3) is 5.91 Å². The lowest BCUT2D eigenvalue weighted by Crippen LogP contribution is -2.35. The highest BCUT2D eigenvalue weighted by Gasteiger charge is 2.20. The van der Waals surface area contributed by atoms with E-state index >= 15 is 0 Å². The van der Waals surface area contributed by atoms with Crippen molar-refractivity contribution in [1.82, 2.24) is 5.32 Å². The van der Waals surface area contributed by atoms with E-state index in [1.54, 1.807) is 12.1 Å². The Morgan fingerprint density at radius 3 is 2.59 bits per heavy atom. The van der Waals surface area contributed by atoms with E-state index in [4.69, 9.17) is 14.2 Å². The first-order valence-corrected chi connectivity index (χ1v) is 11.0. The average Bonchev–Trinajstić information content (AvgIpc) is 3.28. The minimum absolute atomic E-state index is 0.0587. The molecule has 7 heteroatoms. The summed E-state index contributed by atoms with van der Waals surface area (Å²) < 4.78 is 15.8. The lowest BCUT2D eigenvalue weighted by molar-refractivity contribution is -0.154. The number of fused-ring (bicyclic) bond motifs is 2. The smallest absolute Gasteiger partial charge is 0.307 e. The molecule has 0 radical (unpaired) electrons.